The summed E-state index contributed by atoms with van der Waals surface area (Å²) < 4.78 is 0. The van der Waals surface area contributed by atoms with E-state index in [1.54, 1.807) is 0 Å². The summed E-state index contributed by atoms with van der Waals surface area (Å²) in [5.74, 6) is 0.934. The number of hydrogen-bond donors (Lipinski definition) is 2. The molecule has 1 saturated heterocycles. The Kier molecular flexibility index (Phi) is 2.14. The van der Waals surface area contributed by atoms with E-state index in [0.29, 0.717) is 0 Å². The highest BCUT2D eigenvalue weighted by molar-refractivity contribution is 4.91. The third-order valence-corrected chi connectivity index (χ3v) is 3.05. The van der Waals surface area contributed by atoms with Crippen LogP contribution in [0.2, 0.25) is 0 Å². The third-order valence-electron chi connectivity index (χ3n) is 3.05. The van der Waals surface area contributed by atoms with E-state index in [0.717, 1.165) is 31.1 Å². The molecule has 11 heavy (non-hydrogen) atoms. The standard InChI is InChI=1S/C9H18N2/c1-7-2-3-8-9(6-7)11-5-4-10-8/h7-11H,2-6H2,1H3/t7-,8-,9-/m1/s1. The van der Waals surface area contributed by atoms with Crippen LogP contribution in [0.5, 0.6) is 0 Å². The van der Waals surface area contributed by atoms with E-state index in [4.69, 9.17) is 0 Å². The van der Waals surface area contributed by atoms with Crippen LogP contribution >= 0.6 is 0 Å². The number of hydrogen-bond acceptors (Lipinski definition) is 2. The Bertz CT molecular complexity index is 136. The largest absolute Gasteiger partial charge is 0.311 e. The van der Waals surface area contributed by atoms with Crippen molar-refractivity contribution in [2.75, 3.05) is 13.1 Å². The smallest absolute Gasteiger partial charge is 0.0224 e. The molecule has 0 aromatic carbocycles. The van der Waals surface area contributed by atoms with E-state index < -0.39 is 0 Å². The normalized spacial score (nSPS) is 45.0. The van der Waals surface area contributed by atoms with Crippen LogP contribution in [0, 0.1) is 5.92 Å². The SMILES string of the molecule is C[C@@H]1CC[C@H]2NCCN[C@@H]2C1. The molecular formula is C9H18N2. The average Bonchev–Trinajstić information content (AvgIpc) is 2.04. The van der Waals surface area contributed by atoms with Crippen molar-refractivity contribution in [1.82, 2.24) is 10.6 Å². The van der Waals surface area contributed by atoms with Gasteiger partial charge in [-0.1, -0.05) is 6.92 Å². The quantitative estimate of drug-likeness (QED) is 0.537. The van der Waals surface area contributed by atoms with Crippen molar-refractivity contribution in [3.63, 3.8) is 0 Å². The molecule has 1 aliphatic heterocycles. The summed E-state index contributed by atoms with van der Waals surface area (Å²) in [7, 11) is 0. The molecule has 0 amide bonds. The fourth-order valence-electron chi connectivity index (χ4n) is 2.37. The Morgan fingerprint density at radius 3 is 2.55 bits per heavy atom. The maximum atomic E-state index is 3.59. The molecule has 1 aliphatic carbocycles. The van der Waals surface area contributed by atoms with Gasteiger partial charge in [0.2, 0.25) is 0 Å². The van der Waals surface area contributed by atoms with Crippen LogP contribution in [0.25, 0.3) is 0 Å². The molecule has 2 heteroatoms. The summed E-state index contributed by atoms with van der Waals surface area (Å²) in [5.41, 5.74) is 0. The first-order valence-corrected chi connectivity index (χ1v) is 4.83. The molecular weight excluding hydrogens is 136 g/mol. The van der Waals surface area contributed by atoms with E-state index in [1.807, 2.05) is 0 Å². The molecule has 2 fully saturated rings. The van der Waals surface area contributed by atoms with Gasteiger partial charge in [-0.05, 0) is 25.2 Å². The monoisotopic (exact) mass is 154 g/mol. The summed E-state index contributed by atoms with van der Waals surface area (Å²) in [6, 6.07) is 1.55. The van der Waals surface area contributed by atoms with E-state index in [2.05, 4.69) is 17.6 Å². The molecule has 2 rings (SSSR count). The van der Waals surface area contributed by atoms with E-state index >= 15 is 0 Å². The van der Waals surface area contributed by atoms with Gasteiger partial charge in [0.15, 0.2) is 0 Å². The van der Waals surface area contributed by atoms with Gasteiger partial charge in [-0.25, -0.2) is 0 Å². The molecule has 3 atom stereocenters. The first kappa shape index (κ1) is 7.56. The maximum absolute atomic E-state index is 3.59. The minimum atomic E-state index is 0.771. The highest BCUT2D eigenvalue weighted by Gasteiger charge is 2.29. The molecule has 0 bridgehead atoms. The van der Waals surface area contributed by atoms with Gasteiger partial charge in [-0.3, -0.25) is 0 Å². The first-order valence-electron chi connectivity index (χ1n) is 4.83. The van der Waals surface area contributed by atoms with Crippen LogP contribution in [-0.2, 0) is 0 Å². The van der Waals surface area contributed by atoms with Gasteiger partial charge >= 0.3 is 0 Å². The molecule has 1 saturated carbocycles. The van der Waals surface area contributed by atoms with Crippen molar-refractivity contribution in [1.29, 1.82) is 0 Å². The minimum Gasteiger partial charge on any atom is -0.311 e. The summed E-state index contributed by atoms with van der Waals surface area (Å²) in [6.45, 7) is 4.69. The molecule has 0 aromatic rings. The highest BCUT2D eigenvalue weighted by Crippen LogP contribution is 2.24. The summed E-state index contributed by atoms with van der Waals surface area (Å²) in [5, 5.41) is 7.17. The molecule has 1 heterocycles. The molecule has 0 spiro atoms. The second kappa shape index (κ2) is 3.11. The number of piperazine rings is 1. The highest BCUT2D eigenvalue weighted by atomic mass is 15.1. The van der Waals surface area contributed by atoms with Crippen molar-refractivity contribution in [2.45, 2.75) is 38.3 Å². The Morgan fingerprint density at radius 2 is 1.73 bits per heavy atom. The van der Waals surface area contributed by atoms with Gasteiger partial charge in [0, 0.05) is 25.2 Å². The van der Waals surface area contributed by atoms with Gasteiger partial charge in [-0.15, -0.1) is 0 Å². The molecule has 0 unspecified atom stereocenters. The Hall–Kier alpha value is -0.0800. The third kappa shape index (κ3) is 1.57. The Morgan fingerprint density at radius 1 is 1.00 bits per heavy atom. The number of nitrogens with one attached hydrogen (secondary N) is 2. The maximum Gasteiger partial charge on any atom is 0.0224 e. The van der Waals surface area contributed by atoms with E-state index in [9.17, 15) is 0 Å². The molecule has 2 aliphatic rings. The van der Waals surface area contributed by atoms with Crippen LogP contribution in [0.15, 0.2) is 0 Å². The zero-order chi connectivity index (χ0) is 7.68. The number of fused-ring (bicyclic) bond motifs is 1. The van der Waals surface area contributed by atoms with Gasteiger partial charge in [0.1, 0.15) is 0 Å². The Balaban J connectivity index is 1.93. The molecule has 2 nitrogen and oxygen atoms in total. The molecule has 0 radical (unpaired) electrons. The lowest BCUT2D eigenvalue weighted by Gasteiger charge is -2.39. The predicted octanol–water partition coefficient (Wildman–Crippen LogP) is 0.736. The zero-order valence-corrected chi connectivity index (χ0v) is 7.27. The second-order valence-electron chi connectivity index (χ2n) is 4.04. The fourth-order valence-corrected chi connectivity index (χ4v) is 2.37. The lowest BCUT2D eigenvalue weighted by Crippen LogP contribution is -2.58. The van der Waals surface area contributed by atoms with Crippen molar-refractivity contribution >= 4 is 0 Å². The lowest BCUT2D eigenvalue weighted by molar-refractivity contribution is 0.210. The van der Waals surface area contributed by atoms with E-state index in [-0.39, 0.29) is 0 Å². The van der Waals surface area contributed by atoms with Gasteiger partial charge in [-0.2, -0.15) is 0 Å². The van der Waals surface area contributed by atoms with Gasteiger partial charge in [0.25, 0.3) is 0 Å². The predicted molar refractivity (Wildman–Crippen MR) is 46.6 cm³/mol. The number of rotatable bonds is 0. The molecule has 2 N–H and O–H groups in total. The topological polar surface area (TPSA) is 24.1 Å². The van der Waals surface area contributed by atoms with Crippen LogP contribution in [-0.4, -0.2) is 25.2 Å². The van der Waals surface area contributed by atoms with E-state index in [1.165, 1.54) is 19.3 Å². The fraction of sp³-hybridized carbons (Fsp3) is 1.00. The zero-order valence-electron chi connectivity index (χ0n) is 7.27. The first-order chi connectivity index (χ1) is 5.36. The summed E-state index contributed by atoms with van der Waals surface area (Å²) in [6.07, 6.45) is 4.16. The van der Waals surface area contributed by atoms with Crippen molar-refractivity contribution < 1.29 is 0 Å². The van der Waals surface area contributed by atoms with Crippen LogP contribution < -0.4 is 10.6 Å². The average molecular weight is 154 g/mol. The lowest BCUT2D eigenvalue weighted by atomic mass is 9.82. The van der Waals surface area contributed by atoms with Crippen LogP contribution in [0.3, 0.4) is 0 Å². The molecule has 64 valence electrons. The van der Waals surface area contributed by atoms with Crippen molar-refractivity contribution in [3.05, 3.63) is 0 Å². The second-order valence-corrected chi connectivity index (χ2v) is 4.04. The van der Waals surface area contributed by atoms with Crippen molar-refractivity contribution in [3.8, 4) is 0 Å². The van der Waals surface area contributed by atoms with Crippen molar-refractivity contribution in [2.24, 2.45) is 5.92 Å². The minimum absolute atomic E-state index is 0.771. The van der Waals surface area contributed by atoms with Gasteiger partial charge < -0.3 is 10.6 Å². The summed E-state index contributed by atoms with van der Waals surface area (Å²) in [4.78, 5) is 0. The molecule has 0 aromatic heterocycles. The summed E-state index contributed by atoms with van der Waals surface area (Å²) >= 11 is 0. The Labute approximate surface area is 68.7 Å². The van der Waals surface area contributed by atoms with Crippen LogP contribution in [0.1, 0.15) is 26.2 Å². The van der Waals surface area contributed by atoms with Crippen LogP contribution in [0.4, 0.5) is 0 Å². The van der Waals surface area contributed by atoms with Gasteiger partial charge in [0.05, 0.1) is 0 Å².